The lowest BCUT2D eigenvalue weighted by Gasteiger charge is -2.22. The third kappa shape index (κ3) is 3.30. The number of carboxylic acid groups (broad SMARTS) is 1. The Hall–Kier alpha value is -2.51. The molecular weight excluding hydrogens is 308 g/mol. The predicted molar refractivity (Wildman–Crippen MR) is 78.2 cm³/mol. The van der Waals surface area contributed by atoms with Gasteiger partial charge < -0.3 is 9.84 Å². The number of aromatic nitrogens is 3. The summed E-state index contributed by atoms with van der Waals surface area (Å²) in [5.74, 6) is -1.24. The van der Waals surface area contributed by atoms with Crippen LogP contribution in [0.25, 0.3) is 0 Å². The SMILES string of the molecule is Cc1c(C(=O)O)nn(C(C)(C)C)c1Oc1cnccc1C(F)F. The molecule has 0 aliphatic heterocycles. The summed E-state index contributed by atoms with van der Waals surface area (Å²) in [6, 6.07) is 1.16. The number of aromatic carboxylic acids is 1. The van der Waals surface area contributed by atoms with E-state index >= 15 is 0 Å². The van der Waals surface area contributed by atoms with Gasteiger partial charge in [-0.25, -0.2) is 18.3 Å². The number of nitrogens with zero attached hydrogens (tertiary/aromatic N) is 3. The molecule has 0 atom stereocenters. The molecule has 0 fully saturated rings. The van der Waals surface area contributed by atoms with E-state index in [-0.39, 0.29) is 28.5 Å². The third-order valence-electron chi connectivity index (χ3n) is 3.16. The Morgan fingerprint density at radius 2 is 2.04 bits per heavy atom. The molecule has 23 heavy (non-hydrogen) atoms. The summed E-state index contributed by atoms with van der Waals surface area (Å²) >= 11 is 0. The lowest BCUT2D eigenvalue weighted by molar-refractivity contribution is 0.0688. The molecule has 2 rings (SSSR count). The van der Waals surface area contributed by atoms with Crippen LogP contribution < -0.4 is 4.74 Å². The van der Waals surface area contributed by atoms with Crippen molar-refractivity contribution in [3.05, 3.63) is 35.3 Å². The summed E-state index contributed by atoms with van der Waals surface area (Å²) in [5, 5.41) is 13.2. The Kier molecular flexibility index (Phi) is 4.35. The molecule has 2 heterocycles. The van der Waals surface area contributed by atoms with Crippen molar-refractivity contribution in [3.63, 3.8) is 0 Å². The van der Waals surface area contributed by atoms with Gasteiger partial charge in [0, 0.05) is 11.8 Å². The summed E-state index contributed by atoms with van der Waals surface area (Å²) in [5.41, 5.74) is -0.840. The van der Waals surface area contributed by atoms with Crippen LogP contribution in [0.3, 0.4) is 0 Å². The van der Waals surface area contributed by atoms with Gasteiger partial charge in [0.05, 0.1) is 17.3 Å². The van der Waals surface area contributed by atoms with Crippen LogP contribution in [-0.4, -0.2) is 25.8 Å². The number of rotatable bonds is 4. The number of pyridine rings is 1. The summed E-state index contributed by atoms with van der Waals surface area (Å²) in [6.45, 7) is 6.92. The quantitative estimate of drug-likeness (QED) is 0.926. The molecule has 0 saturated carbocycles. The second kappa shape index (κ2) is 5.94. The van der Waals surface area contributed by atoms with Crippen LogP contribution >= 0.6 is 0 Å². The maximum atomic E-state index is 13.1. The van der Waals surface area contributed by atoms with Gasteiger partial charge in [-0.05, 0) is 33.8 Å². The molecule has 0 aliphatic carbocycles. The monoisotopic (exact) mass is 325 g/mol. The minimum atomic E-state index is -2.74. The van der Waals surface area contributed by atoms with Gasteiger partial charge in [0.25, 0.3) is 6.43 Å². The van der Waals surface area contributed by atoms with Gasteiger partial charge in [0.1, 0.15) is 0 Å². The van der Waals surface area contributed by atoms with Crippen molar-refractivity contribution in [2.45, 2.75) is 39.7 Å². The van der Waals surface area contributed by atoms with Crippen molar-refractivity contribution in [2.75, 3.05) is 0 Å². The normalized spacial score (nSPS) is 11.8. The second-order valence-electron chi connectivity index (χ2n) is 5.98. The first-order valence-corrected chi connectivity index (χ1v) is 6.86. The number of ether oxygens (including phenoxy) is 1. The Balaban J connectivity index is 2.58. The predicted octanol–water partition coefficient (Wildman–Crippen LogP) is 3.77. The van der Waals surface area contributed by atoms with Crippen molar-refractivity contribution in [2.24, 2.45) is 0 Å². The highest BCUT2D eigenvalue weighted by Gasteiger charge is 2.28. The zero-order valence-corrected chi connectivity index (χ0v) is 13.2. The average Bonchev–Trinajstić information content (AvgIpc) is 2.77. The standard InChI is InChI=1S/C15H17F2N3O3/c1-8-11(14(21)22)19-20(15(2,3)4)13(8)23-10-7-18-6-5-9(10)12(16)17/h5-7,12H,1-4H3,(H,21,22). The average molecular weight is 325 g/mol. The Morgan fingerprint density at radius 1 is 1.39 bits per heavy atom. The van der Waals surface area contributed by atoms with Gasteiger partial charge in [-0.3, -0.25) is 4.98 Å². The molecule has 0 amide bonds. The van der Waals surface area contributed by atoms with Crippen LogP contribution in [0.15, 0.2) is 18.5 Å². The highest BCUT2D eigenvalue weighted by atomic mass is 19.3. The van der Waals surface area contributed by atoms with E-state index in [1.807, 2.05) is 0 Å². The Labute approximate surface area is 131 Å². The van der Waals surface area contributed by atoms with Crippen LogP contribution in [0, 0.1) is 6.92 Å². The van der Waals surface area contributed by atoms with Crippen molar-refractivity contribution in [1.82, 2.24) is 14.8 Å². The van der Waals surface area contributed by atoms with E-state index in [0.29, 0.717) is 0 Å². The van der Waals surface area contributed by atoms with Gasteiger partial charge in [-0.2, -0.15) is 5.10 Å². The van der Waals surface area contributed by atoms with Crippen LogP contribution in [0.5, 0.6) is 11.6 Å². The first-order chi connectivity index (χ1) is 10.6. The molecule has 124 valence electrons. The molecule has 8 heteroatoms. The van der Waals surface area contributed by atoms with E-state index in [1.165, 1.54) is 24.0 Å². The summed E-state index contributed by atoms with van der Waals surface area (Å²) < 4.78 is 33.1. The molecule has 0 aliphatic rings. The van der Waals surface area contributed by atoms with Crippen LogP contribution in [0.1, 0.15) is 48.8 Å². The van der Waals surface area contributed by atoms with E-state index < -0.39 is 17.9 Å². The van der Waals surface area contributed by atoms with E-state index in [9.17, 15) is 18.7 Å². The molecule has 0 unspecified atom stereocenters. The zero-order valence-electron chi connectivity index (χ0n) is 13.2. The molecule has 1 N–H and O–H groups in total. The van der Waals surface area contributed by atoms with Gasteiger partial charge in [-0.15, -0.1) is 0 Å². The number of hydrogen-bond donors (Lipinski definition) is 1. The van der Waals surface area contributed by atoms with Crippen molar-refractivity contribution in [1.29, 1.82) is 0 Å². The smallest absolute Gasteiger partial charge is 0.356 e. The van der Waals surface area contributed by atoms with Gasteiger partial charge in [0.15, 0.2) is 11.4 Å². The molecule has 0 spiro atoms. The maximum Gasteiger partial charge on any atom is 0.356 e. The molecule has 0 aromatic carbocycles. The molecule has 0 bridgehead atoms. The van der Waals surface area contributed by atoms with E-state index in [2.05, 4.69) is 10.1 Å². The summed E-state index contributed by atoms with van der Waals surface area (Å²) in [7, 11) is 0. The van der Waals surface area contributed by atoms with E-state index in [0.717, 1.165) is 6.07 Å². The number of hydrogen-bond acceptors (Lipinski definition) is 4. The number of alkyl halides is 2. The lowest BCUT2D eigenvalue weighted by Crippen LogP contribution is -2.24. The van der Waals surface area contributed by atoms with Crippen LogP contribution in [-0.2, 0) is 5.54 Å². The van der Waals surface area contributed by atoms with Gasteiger partial charge >= 0.3 is 5.97 Å². The second-order valence-corrected chi connectivity index (χ2v) is 5.98. The maximum absolute atomic E-state index is 13.1. The Morgan fingerprint density at radius 3 is 2.57 bits per heavy atom. The first-order valence-electron chi connectivity index (χ1n) is 6.86. The first kappa shape index (κ1) is 16.9. The molecule has 0 saturated heterocycles. The van der Waals surface area contributed by atoms with Crippen molar-refractivity contribution < 1.29 is 23.4 Å². The minimum Gasteiger partial charge on any atom is -0.476 e. The highest BCUT2D eigenvalue weighted by Crippen LogP contribution is 2.35. The minimum absolute atomic E-state index is 0.102. The number of carboxylic acids is 1. The largest absolute Gasteiger partial charge is 0.476 e. The molecule has 2 aromatic rings. The third-order valence-corrected chi connectivity index (χ3v) is 3.16. The van der Waals surface area contributed by atoms with Crippen LogP contribution in [0.4, 0.5) is 8.78 Å². The zero-order chi connectivity index (χ0) is 17.4. The fourth-order valence-corrected chi connectivity index (χ4v) is 2.02. The lowest BCUT2D eigenvalue weighted by atomic mass is 10.1. The van der Waals surface area contributed by atoms with Crippen LogP contribution in [0.2, 0.25) is 0 Å². The van der Waals surface area contributed by atoms with Crippen molar-refractivity contribution >= 4 is 5.97 Å². The molecule has 6 nitrogen and oxygen atoms in total. The highest BCUT2D eigenvalue weighted by molar-refractivity contribution is 5.87. The van der Waals surface area contributed by atoms with E-state index in [4.69, 9.17) is 4.74 Å². The van der Waals surface area contributed by atoms with Crippen molar-refractivity contribution in [3.8, 4) is 11.6 Å². The van der Waals surface area contributed by atoms with Gasteiger partial charge in [0.2, 0.25) is 5.88 Å². The molecular formula is C15H17F2N3O3. The summed E-state index contributed by atoms with van der Waals surface area (Å²) in [4.78, 5) is 15.1. The fourth-order valence-electron chi connectivity index (χ4n) is 2.02. The number of carbonyl (C=O) groups is 1. The summed E-state index contributed by atoms with van der Waals surface area (Å²) in [6.07, 6.45) is -0.329. The van der Waals surface area contributed by atoms with E-state index in [1.54, 1.807) is 20.8 Å². The Bertz CT molecular complexity index is 736. The fraction of sp³-hybridized carbons (Fsp3) is 0.400. The molecule has 2 aromatic heterocycles. The van der Waals surface area contributed by atoms with Gasteiger partial charge in [-0.1, -0.05) is 0 Å². The molecule has 0 radical (unpaired) electrons. The number of halogens is 2. The topological polar surface area (TPSA) is 77.2 Å².